The van der Waals surface area contributed by atoms with E-state index >= 15 is 0 Å². The third-order valence-electron chi connectivity index (χ3n) is 2.06. The van der Waals surface area contributed by atoms with Gasteiger partial charge in [0.05, 0.1) is 13.2 Å². The molecule has 8 heteroatoms. The number of esters is 1. The lowest BCUT2D eigenvalue weighted by Gasteiger charge is -2.02. The van der Waals surface area contributed by atoms with Crippen LogP contribution in [0, 0.1) is 0 Å². The van der Waals surface area contributed by atoms with Gasteiger partial charge in [0.15, 0.2) is 0 Å². The maximum Gasteiger partial charge on any atom is 0.440 e. The Morgan fingerprint density at radius 2 is 1.87 bits per heavy atom. The normalized spacial score (nSPS) is 9.83. The number of allylic oxidation sites excluding steroid dienone is 1. The lowest BCUT2D eigenvalue weighted by molar-refractivity contribution is -0.143. The van der Waals surface area contributed by atoms with E-state index in [1.54, 1.807) is 19.3 Å². The molecule has 1 amide bonds. The van der Waals surface area contributed by atoms with E-state index in [1.807, 2.05) is 13.0 Å². The number of amides is 1. The Labute approximate surface area is 136 Å². The lowest BCUT2D eigenvalue weighted by Crippen LogP contribution is -2.26. The van der Waals surface area contributed by atoms with Crippen molar-refractivity contribution in [2.45, 2.75) is 33.6 Å². The molecule has 2 N–H and O–H groups in total. The van der Waals surface area contributed by atoms with Crippen molar-refractivity contribution in [1.29, 1.82) is 0 Å². The monoisotopic (exact) mass is 331 g/mol. The molecule has 0 aliphatic carbocycles. The van der Waals surface area contributed by atoms with Gasteiger partial charge in [0.25, 0.3) is 0 Å². The van der Waals surface area contributed by atoms with Crippen molar-refractivity contribution in [3.05, 3.63) is 24.3 Å². The van der Waals surface area contributed by atoms with Gasteiger partial charge in [0.2, 0.25) is 0 Å². The summed E-state index contributed by atoms with van der Waals surface area (Å²) in [6.07, 6.45) is 3.87. The summed E-state index contributed by atoms with van der Waals surface area (Å²) in [5, 5.41) is 8.38. The van der Waals surface area contributed by atoms with E-state index in [9.17, 15) is 14.4 Å². The molecule has 0 atom stereocenters. The maximum atomic E-state index is 11.0. The van der Waals surface area contributed by atoms with Crippen LogP contribution in [0.15, 0.2) is 24.3 Å². The number of nitrogens with one attached hydrogen (secondary N) is 1. The van der Waals surface area contributed by atoms with Gasteiger partial charge in [0.1, 0.15) is 6.61 Å². The molecule has 0 saturated heterocycles. The second-order valence-electron chi connectivity index (χ2n) is 3.98. The van der Waals surface area contributed by atoms with Crippen molar-refractivity contribution in [2.24, 2.45) is 0 Å². The van der Waals surface area contributed by atoms with E-state index in [1.165, 1.54) is 0 Å². The van der Waals surface area contributed by atoms with Crippen LogP contribution in [-0.2, 0) is 23.9 Å². The first-order valence-electron chi connectivity index (χ1n) is 7.13. The Kier molecular flexibility index (Phi) is 16.0. The molecule has 0 rings (SSSR count). The smallest absolute Gasteiger partial charge is 0.440 e. The Hall–Kier alpha value is -2.35. The molecule has 0 bridgehead atoms. The summed E-state index contributed by atoms with van der Waals surface area (Å²) >= 11 is 0. The van der Waals surface area contributed by atoms with Crippen LogP contribution in [0.1, 0.15) is 33.6 Å². The van der Waals surface area contributed by atoms with Crippen LogP contribution in [0.2, 0.25) is 0 Å². The van der Waals surface area contributed by atoms with Gasteiger partial charge in [-0.25, -0.2) is 14.4 Å². The van der Waals surface area contributed by atoms with Crippen molar-refractivity contribution >= 4 is 18.0 Å². The van der Waals surface area contributed by atoms with Gasteiger partial charge < -0.3 is 19.4 Å². The molecule has 0 saturated carbocycles. The van der Waals surface area contributed by atoms with Gasteiger partial charge in [-0.05, 0) is 20.3 Å². The number of ether oxygens (including phenoxy) is 2. The van der Waals surface area contributed by atoms with Crippen LogP contribution in [0.4, 0.5) is 4.79 Å². The highest BCUT2D eigenvalue weighted by molar-refractivity contribution is 5.87. The summed E-state index contributed by atoms with van der Waals surface area (Å²) in [6, 6.07) is 0. The molecule has 8 nitrogen and oxygen atoms in total. The standard InChI is InChI=1S/C9H16O3.C6H9NO4/c1-3-4-5-8(2)9(11)12-7-6-10;1-3-5(8)11-7-6(9)10-4-2/h5,10H,3-4,6-7H2,1-2H3;3H,1,4H2,2H3,(H,7,9). The minimum atomic E-state index is -0.803. The van der Waals surface area contributed by atoms with Gasteiger partial charge in [-0.3, -0.25) is 0 Å². The van der Waals surface area contributed by atoms with Crippen molar-refractivity contribution in [3.8, 4) is 0 Å². The first-order valence-corrected chi connectivity index (χ1v) is 7.13. The molecule has 0 aliphatic rings. The van der Waals surface area contributed by atoms with Gasteiger partial charge in [-0.2, -0.15) is 0 Å². The Morgan fingerprint density at radius 3 is 2.35 bits per heavy atom. The van der Waals surface area contributed by atoms with Crippen LogP contribution >= 0.6 is 0 Å². The zero-order valence-electron chi connectivity index (χ0n) is 13.8. The highest BCUT2D eigenvalue weighted by atomic mass is 16.7. The minimum Gasteiger partial charge on any atom is -0.460 e. The van der Waals surface area contributed by atoms with Crippen molar-refractivity contribution in [3.63, 3.8) is 0 Å². The molecular formula is C15H25NO7. The molecular weight excluding hydrogens is 306 g/mol. The van der Waals surface area contributed by atoms with Crippen molar-refractivity contribution < 1.29 is 33.8 Å². The fourth-order valence-corrected chi connectivity index (χ4v) is 0.991. The average Bonchev–Trinajstić information content (AvgIpc) is 2.55. The second kappa shape index (κ2) is 16.0. The number of carbonyl (C=O) groups excluding carboxylic acids is 3. The molecule has 0 aromatic heterocycles. The number of hydroxylamine groups is 1. The lowest BCUT2D eigenvalue weighted by atomic mass is 10.2. The third kappa shape index (κ3) is 15.9. The summed E-state index contributed by atoms with van der Waals surface area (Å²) in [7, 11) is 0. The average molecular weight is 331 g/mol. The quantitative estimate of drug-likeness (QED) is 0.316. The number of carbonyl (C=O) groups is 3. The molecule has 23 heavy (non-hydrogen) atoms. The molecule has 132 valence electrons. The van der Waals surface area contributed by atoms with Gasteiger partial charge in [0, 0.05) is 11.6 Å². The summed E-state index contributed by atoms with van der Waals surface area (Å²) in [6.45, 7) is 8.69. The number of unbranched alkanes of at least 4 members (excludes halogenated alkanes) is 1. The maximum absolute atomic E-state index is 11.0. The first-order chi connectivity index (χ1) is 10.9. The number of aliphatic hydroxyl groups excluding tert-OH is 1. The zero-order chi connectivity index (χ0) is 18.1. The summed E-state index contributed by atoms with van der Waals surface area (Å²) < 4.78 is 9.07. The Morgan fingerprint density at radius 1 is 1.22 bits per heavy atom. The molecule has 0 radical (unpaired) electrons. The largest absolute Gasteiger partial charge is 0.460 e. The topological polar surface area (TPSA) is 111 Å². The van der Waals surface area contributed by atoms with E-state index in [4.69, 9.17) is 9.84 Å². The number of aliphatic hydroxyl groups is 1. The summed E-state index contributed by atoms with van der Waals surface area (Å²) in [5.74, 6) is -1.07. The number of hydrogen-bond donors (Lipinski definition) is 2. The molecule has 0 heterocycles. The third-order valence-corrected chi connectivity index (χ3v) is 2.06. The molecule has 0 aromatic carbocycles. The molecule has 0 aliphatic heterocycles. The van der Waals surface area contributed by atoms with Crippen molar-refractivity contribution in [1.82, 2.24) is 5.48 Å². The summed E-state index contributed by atoms with van der Waals surface area (Å²) in [5.41, 5.74) is 2.37. The number of hydrogen-bond acceptors (Lipinski definition) is 7. The fourth-order valence-electron chi connectivity index (χ4n) is 0.991. The first kappa shape index (κ1) is 22.9. The molecule has 0 unspecified atom stereocenters. The predicted molar refractivity (Wildman–Crippen MR) is 83.2 cm³/mol. The predicted octanol–water partition coefficient (Wildman–Crippen LogP) is 1.64. The summed E-state index contributed by atoms with van der Waals surface area (Å²) in [4.78, 5) is 35.9. The SMILES string of the molecule is C=CC(=O)ONC(=O)OCC.CCCC=C(C)C(=O)OCCO. The van der Waals surface area contributed by atoms with E-state index in [2.05, 4.69) is 16.2 Å². The van der Waals surface area contributed by atoms with Crippen molar-refractivity contribution in [2.75, 3.05) is 19.8 Å². The number of rotatable bonds is 7. The van der Waals surface area contributed by atoms with Gasteiger partial charge >= 0.3 is 18.0 Å². The van der Waals surface area contributed by atoms with E-state index in [0.29, 0.717) is 5.57 Å². The van der Waals surface area contributed by atoms with E-state index < -0.39 is 12.1 Å². The van der Waals surface area contributed by atoms with Gasteiger partial charge in [-0.1, -0.05) is 26.0 Å². The highest BCUT2D eigenvalue weighted by Crippen LogP contribution is 2.00. The highest BCUT2D eigenvalue weighted by Gasteiger charge is 2.03. The molecule has 0 fully saturated rings. The second-order valence-corrected chi connectivity index (χ2v) is 3.98. The van der Waals surface area contributed by atoms with E-state index in [-0.39, 0.29) is 25.8 Å². The molecule has 0 spiro atoms. The van der Waals surface area contributed by atoms with Crippen LogP contribution in [0.25, 0.3) is 0 Å². The minimum absolute atomic E-state index is 0.0795. The Bertz CT molecular complexity index is 405. The van der Waals surface area contributed by atoms with Crippen LogP contribution < -0.4 is 5.48 Å². The van der Waals surface area contributed by atoms with Crippen LogP contribution in [-0.4, -0.2) is 43.0 Å². The Balaban J connectivity index is 0. The molecule has 0 aromatic rings. The van der Waals surface area contributed by atoms with Crippen LogP contribution in [0.5, 0.6) is 0 Å². The fraction of sp³-hybridized carbons (Fsp3) is 0.533. The zero-order valence-corrected chi connectivity index (χ0v) is 13.8. The van der Waals surface area contributed by atoms with E-state index in [0.717, 1.165) is 18.9 Å². The van der Waals surface area contributed by atoms with Crippen LogP contribution in [0.3, 0.4) is 0 Å². The van der Waals surface area contributed by atoms with Gasteiger partial charge in [-0.15, -0.1) is 5.48 Å².